The van der Waals surface area contributed by atoms with Crippen molar-refractivity contribution in [2.75, 3.05) is 33.8 Å². The molecule has 0 spiro atoms. The van der Waals surface area contributed by atoms with Crippen molar-refractivity contribution in [3.05, 3.63) is 59.7 Å². The lowest BCUT2D eigenvalue weighted by atomic mass is 10.1. The number of likely N-dealkylation sites (tertiary alicyclic amines) is 1. The molecule has 3 rings (SSSR count). The molecule has 2 N–H and O–H groups in total. The van der Waals surface area contributed by atoms with E-state index in [1.54, 1.807) is 25.2 Å². The zero-order valence-corrected chi connectivity index (χ0v) is 18.0. The van der Waals surface area contributed by atoms with E-state index in [2.05, 4.69) is 49.5 Å². The van der Waals surface area contributed by atoms with Crippen LogP contribution in [0.4, 0.5) is 8.78 Å². The second-order valence-corrected chi connectivity index (χ2v) is 7.34. The second kappa shape index (κ2) is 11.5. The number of nitrogens with one attached hydrogen (secondary N) is 2. The van der Waals surface area contributed by atoms with Crippen molar-refractivity contribution in [2.45, 2.75) is 32.0 Å². The maximum atomic E-state index is 12.7. The van der Waals surface area contributed by atoms with Gasteiger partial charge in [0.1, 0.15) is 0 Å². The molecule has 0 radical (unpaired) electrons. The Balaban J connectivity index is 1.61. The number of nitrogens with zero attached hydrogens (tertiary/aromatic N) is 2. The lowest BCUT2D eigenvalue weighted by Crippen LogP contribution is -2.42. The maximum Gasteiger partial charge on any atom is 0.387 e. The number of methoxy groups -OCH3 is 1. The first-order chi connectivity index (χ1) is 15.1. The van der Waals surface area contributed by atoms with Crippen molar-refractivity contribution >= 4 is 5.96 Å². The molecule has 1 unspecified atom stereocenters. The van der Waals surface area contributed by atoms with Gasteiger partial charge in [0.2, 0.25) is 0 Å². The molecule has 0 saturated carbocycles. The minimum absolute atomic E-state index is 0.0120. The molecular formula is C23H30F2N4O2. The van der Waals surface area contributed by atoms with Gasteiger partial charge in [0.25, 0.3) is 0 Å². The van der Waals surface area contributed by atoms with Crippen LogP contribution in [-0.4, -0.2) is 51.3 Å². The van der Waals surface area contributed by atoms with Gasteiger partial charge in [-0.2, -0.15) is 8.78 Å². The van der Waals surface area contributed by atoms with Crippen LogP contribution in [0.5, 0.6) is 11.5 Å². The van der Waals surface area contributed by atoms with E-state index < -0.39 is 6.61 Å². The summed E-state index contributed by atoms with van der Waals surface area (Å²) in [6.45, 7) is 0.389. The van der Waals surface area contributed by atoms with Crippen LogP contribution in [0.15, 0.2) is 53.5 Å². The number of halogens is 2. The molecule has 2 aromatic carbocycles. The van der Waals surface area contributed by atoms with E-state index in [-0.39, 0.29) is 17.5 Å². The van der Waals surface area contributed by atoms with Gasteiger partial charge < -0.3 is 20.1 Å². The Morgan fingerprint density at radius 1 is 1.06 bits per heavy atom. The van der Waals surface area contributed by atoms with Gasteiger partial charge in [0, 0.05) is 20.1 Å². The largest absolute Gasteiger partial charge is 0.493 e. The summed E-state index contributed by atoms with van der Waals surface area (Å²) >= 11 is 0. The van der Waals surface area contributed by atoms with Crippen LogP contribution in [0.2, 0.25) is 0 Å². The molecule has 0 amide bonds. The summed E-state index contributed by atoms with van der Waals surface area (Å²) in [7, 11) is 3.13. The molecule has 1 atom stereocenters. The normalized spacial score (nSPS) is 15.7. The molecule has 0 aliphatic carbocycles. The third-order valence-electron chi connectivity index (χ3n) is 5.36. The molecule has 6 nitrogen and oxygen atoms in total. The van der Waals surface area contributed by atoms with Gasteiger partial charge in [-0.1, -0.05) is 36.4 Å². The fraction of sp³-hybridized carbons (Fsp3) is 0.435. The average Bonchev–Trinajstić information content (AvgIpc) is 3.31. The van der Waals surface area contributed by atoms with Crippen LogP contribution in [0.1, 0.15) is 30.0 Å². The Bertz CT molecular complexity index is 843. The van der Waals surface area contributed by atoms with Crippen molar-refractivity contribution in [1.29, 1.82) is 0 Å². The summed E-state index contributed by atoms with van der Waals surface area (Å²) in [4.78, 5) is 6.79. The van der Waals surface area contributed by atoms with Crippen LogP contribution in [0.3, 0.4) is 0 Å². The third-order valence-corrected chi connectivity index (χ3v) is 5.36. The Morgan fingerprint density at radius 3 is 2.45 bits per heavy atom. The zero-order valence-electron chi connectivity index (χ0n) is 18.0. The van der Waals surface area contributed by atoms with Gasteiger partial charge in [-0.25, -0.2) is 0 Å². The Labute approximate surface area is 182 Å². The van der Waals surface area contributed by atoms with Crippen molar-refractivity contribution in [3.63, 3.8) is 0 Å². The molecule has 1 heterocycles. The minimum Gasteiger partial charge on any atom is -0.493 e. The molecule has 31 heavy (non-hydrogen) atoms. The van der Waals surface area contributed by atoms with Crippen molar-refractivity contribution in [3.8, 4) is 11.5 Å². The van der Waals surface area contributed by atoms with Crippen molar-refractivity contribution < 1.29 is 18.3 Å². The highest BCUT2D eigenvalue weighted by atomic mass is 19.3. The fourth-order valence-corrected chi connectivity index (χ4v) is 3.81. The van der Waals surface area contributed by atoms with Gasteiger partial charge in [-0.15, -0.1) is 0 Å². The number of guanidine groups is 1. The predicted octanol–water partition coefficient (Wildman–Crippen LogP) is 3.80. The molecule has 1 fully saturated rings. The quantitative estimate of drug-likeness (QED) is 0.466. The smallest absolute Gasteiger partial charge is 0.387 e. The van der Waals surface area contributed by atoms with E-state index in [1.807, 2.05) is 6.07 Å². The van der Waals surface area contributed by atoms with E-state index in [1.165, 1.54) is 25.5 Å². The van der Waals surface area contributed by atoms with Crippen LogP contribution >= 0.6 is 0 Å². The molecule has 0 bridgehead atoms. The fourth-order valence-electron chi connectivity index (χ4n) is 3.81. The SMILES string of the molecule is CN=C(NCc1ccc(OC)c(OC(F)F)c1)NCC(c1ccccc1)N1CCCC1. The van der Waals surface area contributed by atoms with E-state index in [4.69, 9.17) is 4.74 Å². The van der Waals surface area contributed by atoms with Gasteiger partial charge in [-0.05, 0) is 49.2 Å². The highest BCUT2D eigenvalue weighted by Gasteiger charge is 2.23. The Kier molecular flexibility index (Phi) is 8.46. The zero-order chi connectivity index (χ0) is 22.1. The number of benzene rings is 2. The van der Waals surface area contributed by atoms with Crippen molar-refractivity contribution in [2.24, 2.45) is 4.99 Å². The maximum absolute atomic E-state index is 12.7. The first kappa shape index (κ1) is 22.8. The minimum atomic E-state index is -2.91. The molecule has 1 saturated heterocycles. The van der Waals surface area contributed by atoms with Crippen LogP contribution < -0.4 is 20.1 Å². The molecule has 8 heteroatoms. The van der Waals surface area contributed by atoms with Gasteiger partial charge in [-0.3, -0.25) is 9.89 Å². The molecule has 1 aliphatic rings. The Hall–Kier alpha value is -2.87. The van der Waals surface area contributed by atoms with Gasteiger partial charge in [0.15, 0.2) is 17.5 Å². The summed E-state index contributed by atoms with van der Waals surface area (Å²) in [5.41, 5.74) is 2.05. The number of hydrogen-bond acceptors (Lipinski definition) is 4. The first-order valence-electron chi connectivity index (χ1n) is 10.5. The lowest BCUT2D eigenvalue weighted by molar-refractivity contribution is -0.0512. The highest BCUT2D eigenvalue weighted by Crippen LogP contribution is 2.29. The Morgan fingerprint density at radius 2 is 1.81 bits per heavy atom. The summed E-state index contributed by atoms with van der Waals surface area (Å²) < 4.78 is 35.0. The number of ether oxygens (including phenoxy) is 2. The molecule has 1 aliphatic heterocycles. The average molecular weight is 433 g/mol. The number of aliphatic imine (C=N–C) groups is 1. The first-order valence-corrected chi connectivity index (χ1v) is 10.5. The predicted molar refractivity (Wildman–Crippen MR) is 118 cm³/mol. The summed E-state index contributed by atoms with van der Waals surface area (Å²) in [6, 6.07) is 15.7. The van der Waals surface area contributed by atoms with Gasteiger partial charge in [0.05, 0.1) is 13.2 Å². The summed E-state index contributed by atoms with van der Waals surface area (Å²) in [5, 5.41) is 6.64. The monoisotopic (exact) mass is 432 g/mol. The topological polar surface area (TPSA) is 58.1 Å². The summed E-state index contributed by atoms with van der Waals surface area (Å²) in [5.74, 6) is 0.924. The standard InChI is InChI=1S/C23H30F2N4O2/c1-26-23(27-15-17-10-11-20(30-2)21(14-17)31-22(24)25)28-16-19(29-12-6-7-13-29)18-8-4-3-5-9-18/h3-5,8-11,14,19,22H,6-7,12-13,15-16H2,1-2H3,(H2,26,27,28). The number of hydrogen-bond donors (Lipinski definition) is 2. The number of alkyl halides is 2. The second-order valence-electron chi connectivity index (χ2n) is 7.34. The third kappa shape index (κ3) is 6.55. The van der Waals surface area contributed by atoms with Crippen LogP contribution in [0, 0.1) is 0 Å². The van der Waals surface area contributed by atoms with Crippen molar-refractivity contribution in [1.82, 2.24) is 15.5 Å². The molecular weight excluding hydrogens is 402 g/mol. The molecule has 2 aromatic rings. The van der Waals surface area contributed by atoms with E-state index in [0.717, 1.165) is 18.7 Å². The van der Waals surface area contributed by atoms with Crippen LogP contribution in [-0.2, 0) is 6.54 Å². The summed E-state index contributed by atoms with van der Waals surface area (Å²) in [6.07, 6.45) is 2.44. The van der Waals surface area contributed by atoms with Gasteiger partial charge >= 0.3 is 6.61 Å². The van der Waals surface area contributed by atoms with Crippen LogP contribution in [0.25, 0.3) is 0 Å². The van der Waals surface area contributed by atoms with E-state index >= 15 is 0 Å². The van der Waals surface area contributed by atoms with E-state index in [9.17, 15) is 8.78 Å². The molecule has 168 valence electrons. The molecule has 0 aromatic heterocycles. The highest BCUT2D eigenvalue weighted by molar-refractivity contribution is 5.79. The lowest BCUT2D eigenvalue weighted by Gasteiger charge is -2.29. The van der Waals surface area contributed by atoms with E-state index in [0.29, 0.717) is 19.0 Å². The number of rotatable bonds is 9.